The van der Waals surface area contributed by atoms with Crippen LogP contribution in [0.15, 0.2) is 42.5 Å². The number of ether oxygens (including phenoxy) is 2. The van der Waals surface area contributed by atoms with Gasteiger partial charge in [0.15, 0.2) is 11.5 Å². The van der Waals surface area contributed by atoms with Gasteiger partial charge in [-0.05, 0) is 48.9 Å². The van der Waals surface area contributed by atoms with Crippen LogP contribution in [0.5, 0.6) is 11.5 Å². The zero-order chi connectivity index (χ0) is 22.8. The lowest BCUT2D eigenvalue weighted by atomic mass is 10.0. The van der Waals surface area contributed by atoms with Crippen molar-refractivity contribution in [3.8, 4) is 11.5 Å². The van der Waals surface area contributed by atoms with E-state index in [0.29, 0.717) is 51.7 Å². The quantitative estimate of drug-likeness (QED) is 0.760. The molecule has 174 valence electrons. The number of fused-ring (bicyclic) bond motifs is 1. The van der Waals surface area contributed by atoms with Crippen molar-refractivity contribution in [3.63, 3.8) is 0 Å². The number of hydrogen-bond acceptors (Lipinski definition) is 4. The molecule has 0 aromatic heterocycles. The number of carbonyl (C=O) groups is 2. The van der Waals surface area contributed by atoms with Crippen molar-refractivity contribution in [2.45, 2.75) is 32.2 Å². The number of carbonyl (C=O) groups excluding carboxylic acids is 2. The first-order valence-corrected chi connectivity index (χ1v) is 11.8. The van der Waals surface area contributed by atoms with E-state index in [0.717, 1.165) is 35.5 Å². The van der Waals surface area contributed by atoms with Crippen LogP contribution in [0.4, 0.5) is 4.79 Å². The molecule has 33 heavy (non-hydrogen) atoms. The van der Waals surface area contributed by atoms with Gasteiger partial charge >= 0.3 is 6.03 Å². The largest absolute Gasteiger partial charge is 0.486 e. The third-order valence-electron chi connectivity index (χ3n) is 6.69. The fourth-order valence-corrected chi connectivity index (χ4v) is 4.53. The van der Waals surface area contributed by atoms with E-state index in [2.05, 4.69) is 5.32 Å². The number of amides is 3. The van der Waals surface area contributed by atoms with Crippen LogP contribution in [0.1, 0.15) is 35.6 Å². The summed E-state index contributed by atoms with van der Waals surface area (Å²) in [5, 5.41) is 3.25. The van der Waals surface area contributed by atoms with Gasteiger partial charge < -0.3 is 24.6 Å². The Hall–Kier alpha value is -3.22. The van der Waals surface area contributed by atoms with Crippen LogP contribution in [0.3, 0.4) is 0 Å². The maximum Gasteiger partial charge on any atom is 0.318 e. The Kier molecular flexibility index (Phi) is 6.11. The van der Waals surface area contributed by atoms with Gasteiger partial charge in [0.1, 0.15) is 13.2 Å². The molecule has 1 N–H and O–H groups in total. The van der Waals surface area contributed by atoms with Gasteiger partial charge in [0.25, 0.3) is 0 Å². The van der Waals surface area contributed by atoms with Crippen LogP contribution >= 0.6 is 0 Å². The Morgan fingerprint density at radius 2 is 1.61 bits per heavy atom. The lowest BCUT2D eigenvalue weighted by Gasteiger charge is -2.36. The third-order valence-corrected chi connectivity index (χ3v) is 6.69. The molecular weight excluding hydrogens is 418 g/mol. The van der Waals surface area contributed by atoms with Gasteiger partial charge in [0, 0.05) is 26.2 Å². The van der Waals surface area contributed by atoms with Crippen molar-refractivity contribution >= 4 is 11.9 Å². The minimum absolute atomic E-state index is 0.0328. The van der Waals surface area contributed by atoms with Crippen LogP contribution in [-0.2, 0) is 11.2 Å². The second-order valence-corrected chi connectivity index (χ2v) is 9.20. The van der Waals surface area contributed by atoms with Crippen molar-refractivity contribution in [3.05, 3.63) is 59.2 Å². The average molecular weight is 450 g/mol. The molecule has 0 bridgehead atoms. The molecule has 0 spiro atoms. The zero-order valence-electron chi connectivity index (χ0n) is 19.1. The van der Waals surface area contributed by atoms with Gasteiger partial charge in [-0.2, -0.15) is 0 Å². The van der Waals surface area contributed by atoms with E-state index >= 15 is 0 Å². The number of rotatable bonds is 5. The van der Waals surface area contributed by atoms with E-state index < -0.39 is 0 Å². The Morgan fingerprint density at radius 3 is 2.30 bits per heavy atom. The van der Waals surface area contributed by atoms with Gasteiger partial charge in [0.05, 0.1) is 12.5 Å². The Bertz CT molecular complexity index is 1010. The molecule has 1 aliphatic carbocycles. The highest BCUT2D eigenvalue weighted by atomic mass is 16.6. The molecule has 2 aromatic carbocycles. The van der Waals surface area contributed by atoms with Gasteiger partial charge in [-0.15, -0.1) is 0 Å². The van der Waals surface area contributed by atoms with E-state index in [1.54, 1.807) is 0 Å². The van der Waals surface area contributed by atoms with E-state index in [-0.39, 0.29) is 18.0 Å². The first-order chi connectivity index (χ1) is 16.1. The molecule has 3 aliphatic rings. The second kappa shape index (κ2) is 9.33. The second-order valence-electron chi connectivity index (χ2n) is 9.20. The maximum atomic E-state index is 13.1. The topological polar surface area (TPSA) is 71.1 Å². The summed E-state index contributed by atoms with van der Waals surface area (Å²) in [5.41, 5.74) is 3.27. The van der Waals surface area contributed by atoms with Crippen LogP contribution in [0.25, 0.3) is 0 Å². The highest BCUT2D eigenvalue weighted by Crippen LogP contribution is 2.43. The standard InChI is InChI=1S/C26H31N3O4/c1-18-2-4-19(5-3-18)16-24(30)28-10-12-29(13-11-28)26(31)27-25(20-6-7-20)21-8-9-22-23(17-21)33-15-14-32-22/h2-5,8-9,17,20,25H,6-7,10-16H2,1H3,(H,27,31). The van der Waals surface area contributed by atoms with Crippen LogP contribution in [0.2, 0.25) is 0 Å². The van der Waals surface area contributed by atoms with Crippen LogP contribution in [-0.4, -0.2) is 61.1 Å². The van der Waals surface area contributed by atoms with Crippen molar-refractivity contribution in [1.82, 2.24) is 15.1 Å². The molecule has 1 saturated heterocycles. The predicted octanol–water partition coefficient (Wildman–Crippen LogP) is 3.31. The zero-order valence-corrected chi connectivity index (χ0v) is 19.1. The lowest BCUT2D eigenvalue weighted by Crippen LogP contribution is -2.54. The number of urea groups is 1. The van der Waals surface area contributed by atoms with Crippen molar-refractivity contribution < 1.29 is 19.1 Å². The smallest absolute Gasteiger partial charge is 0.318 e. The number of hydrogen-bond donors (Lipinski definition) is 1. The predicted molar refractivity (Wildman–Crippen MR) is 124 cm³/mol. The summed E-state index contributed by atoms with van der Waals surface area (Å²) in [5.74, 6) is 2.08. The van der Waals surface area contributed by atoms with Gasteiger partial charge in [-0.1, -0.05) is 35.9 Å². The molecule has 2 fully saturated rings. The lowest BCUT2D eigenvalue weighted by molar-refractivity contribution is -0.131. The molecule has 7 heteroatoms. The van der Waals surface area contributed by atoms with Crippen molar-refractivity contribution in [2.24, 2.45) is 5.92 Å². The first-order valence-electron chi connectivity index (χ1n) is 11.8. The Balaban J connectivity index is 1.16. The van der Waals surface area contributed by atoms with E-state index in [1.807, 2.05) is 59.2 Å². The summed E-state index contributed by atoms with van der Waals surface area (Å²) in [6.07, 6.45) is 2.63. The monoisotopic (exact) mass is 449 g/mol. The molecule has 2 aromatic rings. The number of benzene rings is 2. The van der Waals surface area contributed by atoms with Crippen molar-refractivity contribution in [1.29, 1.82) is 0 Å². The molecule has 5 rings (SSSR count). The molecule has 1 saturated carbocycles. The summed E-state index contributed by atoms with van der Waals surface area (Å²) in [7, 11) is 0. The minimum atomic E-state index is -0.0626. The summed E-state index contributed by atoms with van der Waals surface area (Å²) < 4.78 is 11.4. The molecule has 1 unspecified atom stereocenters. The minimum Gasteiger partial charge on any atom is -0.486 e. The van der Waals surface area contributed by atoms with Gasteiger partial charge in [0.2, 0.25) is 5.91 Å². The van der Waals surface area contributed by atoms with Crippen LogP contribution < -0.4 is 14.8 Å². The average Bonchev–Trinajstić information content (AvgIpc) is 3.69. The Morgan fingerprint density at radius 1 is 0.939 bits per heavy atom. The third kappa shape index (κ3) is 5.07. The highest BCUT2D eigenvalue weighted by Gasteiger charge is 2.35. The summed E-state index contributed by atoms with van der Waals surface area (Å²) in [6.45, 7) is 5.37. The van der Waals surface area contributed by atoms with E-state index in [9.17, 15) is 9.59 Å². The normalized spacial score (nSPS) is 18.6. The van der Waals surface area contributed by atoms with Gasteiger partial charge in [-0.25, -0.2) is 4.79 Å². The summed E-state index contributed by atoms with van der Waals surface area (Å²) >= 11 is 0. The number of nitrogens with zero attached hydrogens (tertiary/aromatic N) is 2. The van der Waals surface area contributed by atoms with Crippen molar-refractivity contribution in [2.75, 3.05) is 39.4 Å². The molecule has 1 atom stereocenters. The van der Waals surface area contributed by atoms with Gasteiger partial charge in [-0.3, -0.25) is 4.79 Å². The Labute approximate surface area is 194 Å². The number of nitrogens with one attached hydrogen (secondary N) is 1. The molecule has 0 radical (unpaired) electrons. The fraction of sp³-hybridized carbons (Fsp3) is 0.462. The molecule has 2 aliphatic heterocycles. The molecule has 7 nitrogen and oxygen atoms in total. The fourth-order valence-electron chi connectivity index (χ4n) is 4.53. The number of piperazine rings is 1. The molecular formula is C26H31N3O4. The molecule has 3 amide bonds. The van der Waals surface area contributed by atoms with Crippen LogP contribution in [0, 0.1) is 12.8 Å². The summed E-state index contributed by atoms with van der Waals surface area (Å²) in [6, 6.07) is 13.9. The first kappa shape index (κ1) is 21.6. The molecule has 2 heterocycles. The maximum absolute atomic E-state index is 13.1. The summed E-state index contributed by atoms with van der Waals surface area (Å²) in [4.78, 5) is 29.4. The number of aryl methyl sites for hydroxylation is 1. The van der Waals surface area contributed by atoms with E-state index in [1.165, 1.54) is 5.56 Å². The SMILES string of the molecule is Cc1ccc(CC(=O)N2CCN(C(=O)NC(c3ccc4c(c3)OCCO4)C3CC3)CC2)cc1. The van der Waals surface area contributed by atoms with E-state index in [4.69, 9.17) is 9.47 Å². The highest BCUT2D eigenvalue weighted by molar-refractivity contribution is 5.80.